The minimum absolute atomic E-state index is 0.113. The molecule has 0 spiro atoms. The number of aromatic carboxylic acids is 1. The molecule has 2 rings (SSSR count). The molecule has 0 aromatic carbocycles. The first-order chi connectivity index (χ1) is 9.15. The van der Waals surface area contributed by atoms with Crippen LogP contribution in [-0.4, -0.2) is 22.0 Å². The molecule has 0 radical (unpaired) electrons. The molecule has 19 heavy (non-hydrogen) atoms. The predicted octanol–water partition coefficient (Wildman–Crippen LogP) is 2.61. The van der Waals surface area contributed by atoms with Gasteiger partial charge in [-0.25, -0.2) is 9.78 Å². The zero-order valence-electron chi connectivity index (χ0n) is 10.6. The summed E-state index contributed by atoms with van der Waals surface area (Å²) in [5.74, 6) is -0.905. The second-order valence-electron chi connectivity index (χ2n) is 4.57. The maximum atomic E-state index is 11.8. The van der Waals surface area contributed by atoms with Crippen LogP contribution in [0.15, 0.2) is 30.0 Å². The molecule has 0 bridgehead atoms. The summed E-state index contributed by atoms with van der Waals surface area (Å²) in [7, 11) is 0. The van der Waals surface area contributed by atoms with E-state index in [1.807, 2.05) is 0 Å². The Morgan fingerprint density at radius 3 is 2.89 bits per heavy atom. The first-order valence-electron chi connectivity index (χ1n) is 6.32. The summed E-state index contributed by atoms with van der Waals surface area (Å²) >= 11 is 0. The first-order valence-corrected chi connectivity index (χ1v) is 6.32. The van der Waals surface area contributed by atoms with E-state index < -0.39 is 5.97 Å². The average molecular weight is 260 g/mol. The Labute approximate surface area is 111 Å². The fourth-order valence-electron chi connectivity index (χ4n) is 2.09. The Hall–Kier alpha value is -2.17. The van der Waals surface area contributed by atoms with Crippen LogP contribution in [0.25, 0.3) is 0 Å². The third kappa shape index (κ3) is 3.91. The Kier molecular flexibility index (Phi) is 4.28. The van der Waals surface area contributed by atoms with Gasteiger partial charge in [0.1, 0.15) is 5.82 Å². The van der Waals surface area contributed by atoms with Crippen molar-refractivity contribution in [2.45, 2.75) is 32.1 Å². The zero-order valence-corrected chi connectivity index (χ0v) is 10.6. The largest absolute Gasteiger partial charge is 0.478 e. The van der Waals surface area contributed by atoms with Gasteiger partial charge in [0, 0.05) is 12.6 Å². The number of anilines is 1. The smallest absolute Gasteiger partial charge is 0.335 e. The molecular weight excluding hydrogens is 244 g/mol. The fraction of sp³-hybridized carbons (Fsp3) is 0.357. The molecule has 1 aliphatic carbocycles. The van der Waals surface area contributed by atoms with E-state index in [0.29, 0.717) is 6.42 Å². The second-order valence-corrected chi connectivity index (χ2v) is 4.57. The van der Waals surface area contributed by atoms with Gasteiger partial charge in [-0.2, -0.15) is 0 Å². The Morgan fingerprint density at radius 2 is 2.21 bits per heavy atom. The number of rotatable bonds is 4. The predicted molar refractivity (Wildman–Crippen MR) is 71.0 cm³/mol. The van der Waals surface area contributed by atoms with Gasteiger partial charge in [-0.1, -0.05) is 11.6 Å². The quantitative estimate of drug-likeness (QED) is 0.815. The molecule has 1 aliphatic rings. The van der Waals surface area contributed by atoms with Crippen molar-refractivity contribution in [3.8, 4) is 0 Å². The van der Waals surface area contributed by atoms with E-state index in [1.165, 1.54) is 24.8 Å². The number of carboxylic acid groups (broad SMARTS) is 1. The third-order valence-corrected chi connectivity index (χ3v) is 3.05. The van der Waals surface area contributed by atoms with Crippen LogP contribution < -0.4 is 5.32 Å². The molecule has 1 heterocycles. The number of nitrogens with one attached hydrogen (secondary N) is 1. The second kappa shape index (κ2) is 6.13. The number of aromatic nitrogens is 1. The zero-order chi connectivity index (χ0) is 13.7. The number of amides is 1. The summed E-state index contributed by atoms with van der Waals surface area (Å²) in [6, 6.07) is 2.75. The lowest BCUT2D eigenvalue weighted by molar-refractivity contribution is -0.115. The standard InChI is InChI=1S/C14H16N2O3/c17-13(8-10-4-2-1-3-5-10)16-12-9-11(14(18)19)6-7-15-12/h4,6-7,9H,1-3,5,8H2,(H,18,19)(H,15,16,17). The van der Waals surface area contributed by atoms with Gasteiger partial charge in [0.15, 0.2) is 0 Å². The SMILES string of the molecule is O=C(CC1=CCCCC1)Nc1cc(C(=O)O)ccn1. The molecule has 0 saturated heterocycles. The number of hydrogen-bond acceptors (Lipinski definition) is 3. The highest BCUT2D eigenvalue weighted by molar-refractivity contribution is 5.93. The number of carboxylic acids is 1. The van der Waals surface area contributed by atoms with Crippen LogP contribution in [0.2, 0.25) is 0 Å². The minimum Gasteiger partial charge on any atom is -0.478 e. The summed E-state index contributed by atoms with van der Waals surface area (Å²) in [6.45, 7) is 0. The van der Waals surface area contributed by atoms with Crippen LogP contribution in [0.3, 0.4) is 0 Å². The van der Waals surface area contributed by atoms with Crippen molar-refractivity contribution < 1.29 is 14.7 Å². The molecule has 1 amide bonds. The number of carbonyl (C=O) groups is 2. The summed E-state index contributed by atoms with van der Waals surface area (Å²) in [5.41, 5.74) is 1.26. The van der Waals surface area contributed by atoms with Gasteiger partial charge in [-0.05, 0) is 37.8 Å². The van der Waals surface area contributed by atoms with Crippen molar-refractivity contribution in [3.05, 3.63) is 35.5 Å². The number of allylic oxidation sites excluding steroid dienone is 1. The van der Waals surface area contributed by atoms with E-state index in [1.54, 1.807) is 0 Å². The van der Waals surface area contributed by atoms with E-state index in [2.05, 4.69) is 16.4 Å². The molecule has 5 heteroatoms. The van der Waals surface area contributed by atoms with Gasteiger partial charge in [-0.15, -0.1) is 0 Å². The van der Waals surface area contributed by atoms with Crippen LogP contribution in [-0.2, 0) is 4.79 Å². The van der Waals surface area contributed by atoms with Gasteiger partial charge in [0.25, 0.3) is 0 Å². The normalized spacial score (nSPS) is 14.6. The van der Waals surface area contributed by atoms with Crippen LogP contribution in [0.1, 0.15) is 42.5 Å². The van der Waals surface area contributed by atoms with Crippen LogP contribution >= 0.6 is 0 Å². The number of nitrogens with zero attached hydrogens (tertiary/aromatic N) is 1. The van der Waals surface area contributed by atoms with Gasteiger partial charge in [0.2, 0.25) is 5.91 Å². The number of pyridine rings is 1. The molecule has 2 N–H and O–H groups in total. The minimum atomic E-state index is -1.03. The first kappa shape index (κ1) is 13.3. The molecule has 0 unspecified atom stereocenters. The van der Waals surface area contributed by atoms with Crippen LogP contribution in [0.5, 0.6) is 0 Å². The maximum Gasteiger partial charge on any atom is 0.335 e. The van der Waals surface area contributed by atoms with Crippen molar-refractivity contribution in [3.63, 3.8) is 0 Å². The topological polar surface area (TPSA) is 79.3 Å². The summed E-state index contributed by atoms with van der Waals surface area (Å²) < 4.78 is 0. The highest BCUT2D eigenvalue weighted by Gasteiger charge is 2.11. The highest BCUT2D eigenvalue weighted by atomic mass is 16.4. The lowest BCUT2D eigenvalue weighted by atomic mass is 9.97. The monoisotopic (exact) mass is 260 g/mol. The van der Waals surface area contributed by atoms with Gasteiger partial charge in [-0.3, -0.25) is 4.79 Å². The highest BCUT2D eigenvalue weighted by Crippen LogP contribution is 2.20. The number of hydrogen-bond donors (Lipinski definition) is 2. The van der Waals surface area contributed by atoms with E-state index in [9.17, 15) is 9.59 Å². The molecule has 5 nitrogen and oxygen atoms in total. The molecule has 0 atom stereocenters. The van der Waals surface area contributed by atoms with Crippen LogP contribution in [0.4, 0.5) is 5.82 Å². The Morgan fingerprint density at radius 1 is 1.37 bits per heavy atom. The van der Waals surface area contributed by atoms with Crippen molar-refractivity contribution in [2.24, 2.45) is 0 Å². The van der Waals surface area contributed by atoms with E-state index in [4.69, 9.17) is 5.11 Å². The molecule has 1 aromatic heterocycles. The average Bonchev–Trinajstić information content (AvgIpc) is 2.40. The number of carbonyl (C=O) groups excluding carboxylic acids is 1. The molecule has 100 valence electrons. The van der Waals surface area contributed by atoms with Gasteiger partial charge >= 0.3 is 5.97 Å². The summed E-state index contributed by atoms with van der Waals surface area (Å²) in [4.78, 5) is 26.6. The van der Waals surface area contributed by atoms with E-state index in [0.717, 1.165) is 24.8 Å². The fourth-order valence-corrected chi connectivity index (χ4v) is 2.09. The molecule has 0 saturated carbocycles. The lowest BCUT2D eigenvalue weighted by Crippen LogP contribution is -2.14. The van der Waals surface area contributed by atoms with Crippen molar-refractivity contribution in [2.75, 3.05) is 5.32 Å². The third-order valence-electron chi connectivity index (χ3n) is 3.05. The Balaban J connectivity index is 1.96. The summed E-state index contributed by atoms with van der Waals surface area (Å²) in [6.07, 6.45) is 8.17. The molecule has 0 fully saturated rings. The van der Waals surface area contributed by atoms with Gasteiger partial charge in [0.05, 0.1) is 5.56 Å². The summed E-state index contributed by atoms with van der Waals surface area (Å²) in [5, 5.41) is 11.5. The van der Waals surface area contributed by atoms with Crippen LogP contribution in [0, 0.1) is 0 Å². The van der Waals surface area contributed by atoms with Gasteiger partial charge < -0.3 is 10.4 Å². The Bertz CT molecular complexity index is 523. The lowest BCUT2D eigenvalue weighted by Gasteiger charge is -2.12. The molecule has 0 aliphatic heterocycles. The molecular formula is C14H16N2O3. The van der Waals surface area contributed by atoms with Crippen molar-refractivity contribution in [1.82, 2.24) is 4.98 Å². The van der Waals surface area contributed by atoms with Crippen molar-refractivity contribution in [1.29, 1.82) is 0 Å². The van der Waals surface area contributed by atoms with E-state index >= 15 is 0 Å². The maximum absolute atomic E-state index is 11.8. The van der Waals surface area contributed by atoms with Crippen molar-refractivity contribution >= 4 is 17.7 Å². The van der Waals surface area contributed by atoms with E-state index in [-0.39, 0.29) is 17.3 Å². The molecule has 1 aromatic rings.